The molecule has 0 aromatic carbocycles. The third-order valence-corrected chi connectivity index (χ3v) is 2.73. The second kappa shape index (κ2) is 5.40. The molecule has 104 valence electrons. The van der Waals surface area contributed by atoms with E-state index in [1.807, 2.05) is 0 Å². The van der Waals surface area contributed by atoms with Crippen molar-refractivity contribution in [2.75, 3.05) is 0 Å². The van der Waals surface area contributed by atoms with Gasteiger partial charge in [0.1, 0.15) is 5.69 Å². The molecule has 2 aromatic rings. The summed E-state index contributed by atoms with van der Waals surface area (Å²) in [4.78, 5) is 11.8. The third kappa shape index (κ3) is 3.20. The molecule has 0 saturated heterocycles. The fraction of sp³-hybridized carbons (Fsp3) is 0.214. The minimum absolute atomic E-state index is 0.244. The maximum atomic E-state index is 12.5. The average molecular weight is 279 g/mol. The van der Waals surface area contributed by atoms with E-state index in [4.69, 9.17) is 0 Å². The van der Waals surface area contributed by atoms with E-state index < -0.39 is 11.9 Å². The van der Waals surface area contributed by atoms with E-state index in [2.05, 4.69) is 15.0 Å². The maximum absolute atomic E-state index is 12.5. The summed E-state index contributed by atoms with van der Waals surface area (Å²) in [5.41, 5.74) is 1.31. The molecule has 0 saturated carbocycles. The molecular weight excluding hydrogens is 267 g/mol. The molecule has 0 aliphatic heterocycles. The number of rotatable bonds is 2. The summed E-state index contributed by atoms with van der Waals surface area (Å²) in [5.74, 6) is 0. The molecule has 20 heavy (non-hydrogen) atoms. The molecular formula is C14H12F3N3. The highest BCUT2D eigenvalue weighted by Crippen LogP contribution is 2.30. The van der Waals surface area contributed by atoms with Crippen LogP contribution in [0.3, 0.4) is 0 Å². The summed E-state index contributed by atoms with van der Waals surface area (Å²) in [6, 6.07) is 5.83. The number of aromatic nitrogens is 2. The molecule has 3 nitrogen and oxygen atoms in total. The van der Waals surface area contributed by atoms with Gasteiger partial charge in [-0.2, -0.15) is 13.2 Å². The van der Waals surface area contributed by atoms with Crippen molar-refractivity contribution in [2.45, 2.75) is 20.0 Å². The SMILES string of the molecule is C/C(=N\c1ccc(C(F)(F)F)nc1C)c1ccncc1. The number of alkyl halides is 3. The Morgan fingerprint density at radius 1 is 1.10 bits per heavy atom. The molecule has 0 amide bonds. The molecule has 2 heterocycles. The van der Waals surface area contributed by atoms with Gasteiger partial charge in [-0.1, -0.05) is 0 Å². The lowest BCUT2D eigenvalue weighted by molar-refractivity contribution is -0.141. The fourth-order valence-corrected chi connectivity index (χ4v) is 1.67. The Morgan fingerprint density at radius 3 is 2.30 bits per heavy atom. The van der Waals surface area contributed by atoms with Crippen LogP contribution >= 0.6 is 0 Å². The van der Waals surface area contributed by atoms with Gasteiger partial charge in [0.25, 0.3) is 0 Å². The van der Waals surface area contributed by atoms with Crippen LogP contribution < -0.4 is 0 Å². The molecule has 0 aliphatic carbocycles. The van der Waals surface area contributed by atoms with E-state index >= 15 is 0 Å². The van der Waals surface area contributed by atoms with Gasteiger partial charge in [-0.05, 0) is 43.7 Å². The Labute approximate surface area is 114 Å². The first-order valence-electron chi connectivity index (χ1n) is 5.88. The highest BCUT2D eigenvalue weighted by molar-refractivity contribution is 6.00. The molecule has 0 unspecified atom stereocenters. The molecule has 0 aliphatic rings. The smallest absolute Gasteiger partial charge is 0.265 e. The Morgan fingerprint density at radius 2 is 1.75 bits per heavy atom. The topological polar surface area (TPSA) is 38.1 Å². The van der Waals surface area contributed by atoms with Crippen LogP contribution in [-0.2, 0) is 6.18 Å². The molecule has 0 bridgehead atoms. The zero-order valence-electron chi connectivity index (χ0n) is 10.9. The Hall–Kier alpha value is -2.24. The van der Waals surface area contributed by atoms with Crippen LogP contribution in [-0.4, -0.2) is 15.7 Å². The molecule has 6 heteroatoms. The zero-order valence-corrected chi connectivity index (χ0v) is 10.9. The van der Waals surface area contributed by atoms with E-state index in [9.17, 15) is 13.2 Å². The van der Waals surface area contributed by atoms with Crippen molar-refractivity contribution in [1.29, 1.82) is 0 Å². The first kappa shape index (κ1) is 14.2. The van der Waals surface area contributed by atoms with Crippen molar-refractivity contribution in [3.8, 4) is 0 Å². The second-order valence-electron chi connectivity index (χ2n) is 4.23. The first-order valence-corrected chi connectivity index (χ1v) is 5.88. The molecule has 0 N–H and O–H groups in total. The first-order chi connectivity index (χ1) is 9.38. The van der Waals surface area contributed by atoms with E-state index in [-0.39, 0.29) is 5.69 Å². The number of hydrogen-bond acceptors (Lipinski definition) is 3. The van der Waals surface area contributed by atoms with Crippen LogP contribution in [0.1, 0.15) is 23.9 Å². The van der Waals surface area contributed by atoms with Crippen LogP contribution in [0.4, 0.5) is 18.9 Å². The Kier molecular flexibility index (Phi) is 3.83. The predicted octanol–water partition coefficient (Wildman–Crippen LogP) is 3.94. The molecule has 0 fully saturated rings. The lowest BCUT2D eigenvalue weighted by atomic mass is 10.2. The van der Waals surface area contributed by atoms with E-state index in [0.29, 0.717) is 11.4 Å². The summed E-state index contributed by atoms with van der Waals surface area (Å²) in [6.07, 6.45) is -1.18. The molecule has 2 aromatic heterocycles. The maximum Gasteiger partial charge on any atom is 0.433 e. The van der Waals surface area contributed by atoms with E-state index in [1.165, 1.54) is 13.0 Å². The lowest BCUT2D eigenvalue weighted by Gasteiger charge is -2.08. The van der Waals surface area contributed by atoms with Gasteiger partial charge >= 0.3 is 6.18 Å². The largest absolute Gasteiger partial charge is 0.433 e. The summed E-state index contributed by atoms with van der Waals surface area (Å²) in [7, 11) is 0. The van der Waals surface area contributed by atoms with Gasteiger partial charge in [-0.15, -0.1) is 0 Å². The van der Waals surface area contributed by atoms with Crippen LogP contribution in [0.25, 0.3) is 0 Å². The van der Waals surface area contributed by atoms with Crippen LogP contribution in [0.2, 0.25) is 0 Å². The zero-order chi connectivity index (χ0) is 14.8. The highest BCUT2D eigenvalue weighted by atomic mass is 19.4. The van der Waals surface area contributed by atoms with E-state index in [0.717, 1.165) is 11.6 Å². The number of nitrogens with zero attached hydrogens (tertiary/aromatic N) is 3. The highest BCUT2D eigenvalue weighted by Gasteiger charge is 2.32. The lowest BCUT2D eigenvalue weighted by Crippen LogP contribution is -2.08. The number of pyridine rings is 2. The van der Waals surface area contributed by atoms with Crippen LogP contribution in [0, 0.1) is 6.92 Å². The van der Waals surface area contributed by atoms with Gasteiger partial charge in [0.15, 0.2) is 0 Å². The van der Waals surface area contributed by atoms with Crippen molar-refractivity contribution in [3.63, 3.8) is 0 Å². The van der Waals surface area contributed by atoms with Crippen LogP contribution in [0.15, 0.2) is 41.7 Å². The van der Waals surface area contributed by atoms with Gasteiger partial charge in [-0.25, -0.2) is 4.98 Å². The fourth-order valence-electron chi connectivity index (χ4n) is 1.67. The summed E-state index contributed by atoms with van der Waals surface area (Å²) in [5, 5.41) is 0. The standard InChI is InChI=1S/C14H12F3N3/c1-9(11-5-7-18-8-6-11)19-12-3-4-13(14(15,16)17)20-10(12)2/h3-8H,1-2H3/b19-9+. The van der Waals surface area contributed by atoms with Gasteiger partial charge < -0.3 is 0 Å². The Bertz CT molecular complexity index is 634. The normalized spacial score (nSPS) is 12.6. The molecule has 0 spiro atoms. The third-order valence-electron chi connectivity index (χ3n) is 2.73. The predicted molar refractivity (Wildman–Crippen MR) is 70.1 cm³/mol. The monoisotopic (exact) mass is 279 g/mol. The molecule has 2 rings (SSSR count). The Balaban J connectivity index is 2.35. The quantitative estimate of drug-likeness (QED) is 0.781. The van der Waals surface area contributed by atoms with Crippen molar-refractivity contribution >= 4 is 11.4 Å². The molecule has 0 atom stereocenters. The van der Waals surface area contributed by atoms with Gasteiger partial charge in [0.05, 0.1) is 11.4 Å². The van der Waals surface area contributed by atoms with Crippen molar-refractivity contribution < 1.29 is 13.2 Å². The van der Waals surface area contributed by atoms with Gasteiger partial charge in [0.2, 0.25) is 0 Å². The van der Waals surface area contributed by atoms with Gasteiger partial charge in [-0.3, -0.25) is 9.98 Å². The number of aliphatic imine (C=N–C) groups is 1. The summed E-state index contributed by atoms with van der Waals surface area (Å²) < 4.78 is 37.6. The van der Waals surface area contributed by atoms with E-state index in [1.54, 1.807) is 31.5 Å². The van der Waals surface area contributed by atoms with Crippen molar-refractivity contribution in [3.05, 3.63) is 53.6 Å². The molecule has 0 radical (unpaired) electrons. The average Bonchev–Trinajstić information content (AvgIpc) is 2.41. The minimum Gasteiger partial charge on any atom is -0.265 e. The summed E-state index contributed by atoms with van der Waals surface area (Å²) >= 11 is 0. The second-order valence-corrected chi connectivity index (χ2v) is 4.23. The van der Waals surface area contributed by atoms with Crippen molar-refractivity contribution in [2.24, 2.45) is 4.99 Å². The number of halogens is 3. The number of hydrogen-bond donors (Lipinski definition) is 0. The van der Waals surface area contributed by atoms with Crippen molar-refractivity contribution in [1.82, 2.24) is 9.97 Å². The number of aryl methyl sites for hydroxylation is 1. The van der Waals surface area contributed by atoms with Gasteiger partial charge in [0, 0.05) is 18.1 Å². The minimum atomic E-state index is -4.44. The van der Waals surface area contributed by atoms with Crippen LogP contribution in [0.5, 0.6) is 0 Å². The summed E-state index contributed by atoms with van der Waals surface area (Å²) in [6.45, 7) is 3.29.